The Hall–Kier alpha value is -2.47. The predicted molar refractivity (Wildman–Crippen MR) is 88.2 cm³/mol. The van der Waals surface area contributed by atoms with Crippen molar-refractivity contribution in [1.82, 2.24) is 15.6 Å². The number of piperidine rings is 1. The maximum Gasteiger partial charge on any atom is 0.224 e. The van der Waals surface area contributed by atoms with Crippen molar-refractivity contribution in [2.75, 3.05) is 13.1 Å². The molecule has 0 bridgehead atoms. The van der Waals surface area contributed by atoms with Crippen LogP contribution in [0, 0.1) is 11.7 Å². The number of hydrogen-bond donors (Lipinski definition) is 2. The second-order valence-electron chi connectivity index (χ2n) is 5.79. The molecule has 0 radical (unpaired) electrons. The van der Waals surface area contributed by atoms with Crippen LogP contribution in [0.4, 0.5) is 4.39 Å². The number of aromatic nitrogens is 1. The van der Waals surface area contributed by atoms with E-state index in [9.17, 15) is 9.18 Å². The summed E-state index contributed by atoms with van der Waals surface area (Å²) >= 11 is 0. The molecule has 6 heteroatoms. The summed E-state index contributed by atoms with van der Waals surface area (Å²) in [6.07, 6.45) is 3.52. The Morgan fingerprint density at radius 2 is 2.29 bits per heavy atom. The van der Waals surface area contributed by atoms with Gasteiger partial charge >= 0.3 is 0 Å². The number of ether oxygens (including phenoxy) is 1. The molecule has 1 aromatic carbocycles. The molecule has 1 saturated heterocycles. The number of pyridine rings is 1. The molecule has 24 heavy (non-hydrogen) atoms. The summed E-state index contributed by atoms with van der Waals surface area (Å²) in [6.45, 7) is 2.01. The summed E-state index contributed by atoms with van der Waals surface area (Å²) in [7, 11) is 0. The Bertz CT molecular complexity index is 702. The van der Waals surface area contributed by atoms with E-state index in [0.29, 0.717) is 24.7 Å². The van der Waals surface area contributed by atoms with Crippen molar-refractivity contribution < 1.29 is 13.9 Å². The number of nitrogens with zero attached hydrogens (tertiary/aromatic N) is 1. The highest BCUT2D eigenvalue weighted by atomic mass is 19.1. The van der Waals surface area contributed by atoms with Gasteiger partial charge in [0.1, 0.15) is 11.6 Å². The number of nitrogens with one attached hydrogen (secondary N) is 2. The summed E-state index contributed by atoms with van der Waals surface area (Å²) in [5.41, 5.74) is 0.749. The molecule has 2 N–H and O–H groups in total. The fraction of sp³-hybridized carbons (Fsp3) is 0.333. The van der Waals surface area contributed by atoms with Crippen LogP contribution in [0.3, 0.4) is 0 Å². The van der Waals surface area contributed by atoms with Gasteiger partial charge in [-0.1, -0.05) is 12.1 Å². The lowest BCUT2D eigenvalue weighted by Crippen LogP contribution is -2.40. The van der Waals surface area contributed by atoms with Gasteiger partial charge in [0.25, 0.3) is 0 Å². The molecule has 0 saturated carbocycles. The Morgan fingerprint density at radius 3 is 3.08 bits per heavy atom. The molecule has 1 aromatic heterocycles. The first-order chi connectivity index (χ1) is 11.7. The van der Waals surface area contributed by atoms with Crippen molar-refractivity contribution in [1.29, 1.82) is 0 Å². The van der Waals surface area contributed by atoms with Gasteiger partial charge in [0, 0.05) is 30.9 Å². The molecule has 1 unspecified atom stereocenters. The van der Waals surface area contributed by atoms with Gasteiger partial charge in [-0.05, 0) is 37.6 Å². The number of rotatable bonds is 5. The molecule has 1 atom stereocenters. The third kappa shape index (κ3) is 4.29. The Labute approximate surface area is 140 Å². The van der Waals surface area contributed by atoms with Crippen molar-refractivity contribution in [2.45, 2.75) is 19.4 Å². The van der Waals surface area contributed by atoms with E-state index < -0.39 is 0 Å². The lowest BCUT2D eigenvalue weighted by Gasteiger charge is -2.22. The minimum absolute atomic E-state index is 0.00279. The van der Waals surface area contributed by atoms with Crippen LogP contribution in [0.2, 0.25) is 0 Å². The number of carbonyl (C=O) groups excluding carboxylic acids is 1. The largest absolute Gasteiger partial charge is 0.439 e. The zero-order valence-corrected chi connectivity index (χ0v) is 13.3. The van der Waals surface area contributed by atoms with Crippen LogP contribution in [0.25, 0.3) is 0 Å². The fourth-order valence-corrected chi connectivity index (χ4v) is 2.69. The van der Waals surface area contributed by atoms with Crippen molar-refractivity contribution in [2.24, 2.45) is 5.92 Å². The maximum absolute atomic E-state index is 13.3. The molecule has 3 rings (SSSR count). The van der Waals surface area contributed by atoms with E-state index in [1.165, 1.54) is 12.1 Å². The molecular weight excluding hydrogens is 309 g/mol. The summed E-state index contributed by atoms with van der Waals surface area (Å²) in [6, 6.07) is 9.50. The van der Waals surface area contributed by atoms with Crippen molar-refractivity contribution in [3.05, 3.63) is 54.0 Å². The van der Waals surface area contributed by atoms with Crippen LogP contribution in [-0.4, -0.2) is 24.0 Å². The highest BCUT2D eigenvalue weighted by Gasteiger charge is 2.20. The molecule has 1 fully saturated rings. The summed E-state index contributed by atoms with van der Waals surface area (Å²) in [5, 5.41) is 6.16. The molecule has 1 aliphatic heterocycles. The first-order valence-corrected chi connectivity index (χ1v) is 8.08. The monoisotopic (exact) mass is 329 g/mol. The zero-order valence-electron chi connectivity index (χ0n) is 13.3. The zero-order chi connectivity index (χ0) is 16.8. The predicted octanol–water partition coefficient (Wildman–Crippen LogP) is 2.63. The second-order valence-corrected chi connectivity index (χ2v) is 5.79. The molecular formula is C18H20FN3O2. The van der Waals surface area contributed by atoms with Gasteiger partial charge in [0.15, 0.2) is 0 Å². The van der Waals surface area contributed by atoms with E-state index in [2.05, 4.69) is 15.6 Å². The van der Waals surface area contributed by atoms with Gasteiger partial charge in [-0.2, -0.15) is 0 Å². The maximum atomic E-state index is 13.3. The third-order valence-corrected chi connectivity index (χ3v) is 3.98. The lowest BCUT2D eigenvalue weighted by atomic mass is 9.99. The minimum Gasteiger partial charge on any atom is -0.439 e. The summed E-state index contributed by atoms with van der Waals surface area (Å²) < 4.78 is 18.9. The normalized spacial score (nSPS) is 17.3. The average Bonchev–Trinajstić information content (AvgIpc) is 2.61. The molecule has 1 amide bonds. The van der Waals surface area contributed by atoms with Crippen LogP contribution in [0.5, 0.6) is 11.6 Å². The minimum atomic E-state index is -0.372. The van der Waals surface area contributed by atoms with E-state index >= 15 is 0 Å². The number of halogens is 1. The van der Waals surface area contributed by atoms with Crippen molar-refractivity contribution >= 4 is 5.91 Å². The average molecular weight is 329 g/mol. The molecule has 126 valence electrons. The Morgan fingerprint density at radius 1 is 1.38 bits per heavy atom. The van der Waals surface area contributed by atoms with Crippen molar-refractivity contribution in [3.8, 4) is 11.6 Å². The highest BCUT2D eigenvalue weighted by molar-refractivity contribution is 5.79. The molecule has 0 aliphatic carbocycles. The SMILES string of the molecule is O=C(NCc1cccnc1Oc1cccc(F)c1)C1CCCNC1. The van der Waals surface area contributed by atoms with Crippen LogP contribution in [0.1, 0.15) is 18.4 Å². The number of benzene rings is 1. The van der Waals surface area contributed by atoms with E-state index in [4.69, 9.17) is 4.74 Å². The van der Waals surface area contributed by atoms with Gasteiger partial charge in [-0.25, -0.2) is 9.37 Å². The smallest absolute Gasteiger partial charge is 0.224 e. The molecule has 2 aromatic rings. The first-order valence-electron chi connectivity index (χ1n) is 8.08. The quantitative estimate of drug-likeness (QED) is 0.885. The van der Waals surface area contributed by atoms with E-state index in [1.54, 1.807) is 24.4 Å². The van der Waals surface area contributed by atoms with Gasteiger partial charge in [-0.3, -0.25) is 4.79 Å². The number of amides is 1. The van der Waals surface area contributed by atoms with Crippen LogP contribution in [-0.2, 0) is 11.3 Å². The molecule has 0 spiro atoms. The summed E-state index contributed by atoms with van der Waals surface area (Å²) in [4.78, 5) is 16.4. The molecule has 5 nitrogen and oxygen atoms in total. The van der Waals surface area contributed by atoms with Gasteiger partial charge in [0.2, 0.25) is 11.8 Å². The topological polar surface area (TPSA) is 63.2 Å². The molecule has 2 heterocycles. The van der Waals surface area contributed by atoms with Crippen LogP contribution >= 0.6 is 0 Å². The van der Waals surface area contributed by atoms with Gasteiger partial charge in [-0.15, -0.1) is 0 Å². The second kappa shape index (κ2) is 7.88. The molecule has 1 aliphatic rings. The van der Waals surface area contributed by atoms with E-state index in [1.807, 2.05) is 6.07 Å². The van der Waals surface area contributed by atoms with Gasteiger partial charge in [0.05, 0.1) is 5.92 Å². The lowest BCUT2D eigenvalue weighted by molar-refractivity contribution is -0.125. The highest BCUT2D eigenvalue weighted by Crippen LogP contribution is 2.23. The third-order valence-electron chi connectivity index (χ3n) is 3.98. The Kier molecular flexibility index (Phi) is 5.38. The fourth-order valence-electron chi connectivity index (χ4n) is 2.69. The number of hydrogen-bond acceptors (Lipinski definition) is 4. The van der Waals surface area contributed by atoms with E-state index in [-0.39, 0.29) is 17.6 Å². The number of carbonyl (C=O) groups is 1. The van der Waals surface area contributed by atoms with Crippen LogP contribution in [0.15, 0.2) is 42.6 Å². The first kappa shape index (κ1) is 16.4. The van der Waals surface area contributed by atoms with Crippen molar-refractivity contribution in [3.63, 3.8) is 0 Å². The standard InChI is InChI=1S/C18H20FN3O2/c19-15-6-1-7-16(10-15)24-18-14(5-3-9-21-18)12-22-17(23)13-4-2-8-20-11-13/h1,3,5-7,9-10,13,20H,2,4,8,11-12H2,(H,22,23). The van der Waals surface area contributed by atoms with Crippen LogP contribution < -0.4 is 15.4 Å². The Balaban J connectivity index is 1.64. The van der Waals surface area contributed by atoms with E-state index in [0.717, 1.165) is 24.9 Å². The summed E-state index contributed by atoms with van der Waals surface area (Å²) in [5.74, 6) is 0.400. The van der Waals surface area contributed by atoms with Gasteiger partial charge < -0.3 is 15.4 Å².